The zero-order valence-corrected chi connectivity index (χ0v) is 15.5. The van der Waals surface area contributed by atoms with Gasteiger partial charge in [-0.1, -0.05) is 72.1 Å². The summed E-state index contributed by atoms with van der Waals surface area (Å²) in [5.74, 6) is 2.10. The van der Waals surface area contributed by atoms with Gasteiger partial charge in [-0.25, -0.2) is 0 Å². The molecule has 0 saturated heterocycles. The zero-order chi connectivity index (χ0) is 15.9. The van der Waals surface area contributed by atoms with E-state index in [1.807, 2.05) is 7.05 Å². The fraction of sp³-hybridized carbons (Fsp3) is 0.947. The van der Waals surface area contributed by atoms with Crippen LogP contribution in [0.15, 0.2) is 4.99 Å². The molecule has 0 aliphatic heterocycles. The van der Waals surface area contributed by atoms with Crippen molar-refractivity contribution < 1.29 is 0 Å². The molecule has 2 heteroatoms. The summed E-state index contributed by atoms with van der Waals surface area (Å²) < 4.78 is 0. The van der Waals surface area contributed by atoms with Crippen LogP contribution < -0.4 is 0 Å². The first-order valence-corrected chi connectivity index (χ1v) is 9.36. The number of rotatable bonds is 13. The van der Waals surface area contributed by atoms with Gasteiger partial charge in [0.1, 0.15) is 0 Å². The van der Waals surface area contributed by atoms with Gasteiger partial charge in [0.15, 0.2) is 0 Å². The minimum Gasteiger partial charge on any atom is -0.363 e. The Labute approximate surface area is 134 Å². The minimum atomic E-state index is 0.853. The highest BCUT2D eigenvalue weighted by molar-refractivity contribution is 5.81. The zero-order valence-electron chi connectivity index (χ0n) is 15.5. The number of hydrogen-bond acceptors (Lipinski definition) is 1. The normalized spacial score (nSPS) is 13.5. The summed E-state index contributed by atoms with van der Waals surface area (Å²) in [5.41, 5.74) is 0. The molecule has 0 aliphatic rings. The molecule has 0 N–H and O–H groups in total. The Kier molecular flexibility index (Phi) is 14.0. The van der Waals surface area contributed by atoms with Crippen molar-refractivity contribution in [3.8, 4) is 0 Å². The van der Waals surface area contributed by atoms with E-state index in [9.17, 15) is 0 Å². The van der Waals surface area contributed by atoms with Crippen LogP contribution in [0.25, 0.3) is 0 Å². The summed E-state index contributed by atoms with van der Waals surface area (Å²) >= 11 is 0. The van der Waals surface area contributed by atoms with Gasteiger partial charge in [0.05, 0.1) is 5.84 Å². The SMILES string of the molecule is CCCCCCCC(CCCCC)CN(C)C(CC)=NC. The van der Waals surface area contributed by atoms with Gasteiger partial charge in [-0.2, -0.15) is 0 Å². The smallest absolute Gasteiger partial charge is 0.0980 e. The Morgan fingerprint density at radius 2 is 1.38 bits per heavy atom. The largest absolute Gasteiger partial charge is 0.363 e. The van der Waals surface area contributed by atoms with Gasteiger partial charge < -0.3 is 4.90 Å². The Balaban J connectivity index is 4.17. The average Bonchev–Trinajstić information content (AvgIpc) is 2.48. The molecule has 0 saturated carbocycles. The second-order valence-corrected chi connectivity index (χ2v) is 6.44. The molecule has 0 aromatic rings. The lowest BCUT2D eigenvalue weighted by Crippen LogP contribution is -2.31. The summed E-state index contributed by atoms with van der Waals surface area (Å²) in [6.45, 7) is 7.98. The van der Waals surface area contributed by atoms with Crippen LogP contribution in [0.5, 0.6) is 0 Å². The van der Waals surface area contributed by atoms with Crippen molar-refractivity contribution in [1.29, 1.82) is 0 Å². The summed E-state index contributed by atoms with van der Waals surface area (Å²) in [6.07, 6.45) is 15.0. The number of hydrogen-bond donors (Lipinski definition) is 0. The molecule has 0 amide bonds. The number of aliphatic imine (C=N–C) groups is 1. The van der Waals surface area contributed by atoms with Gasteiger partial charge >= 0.3 is 0 Å². The van der Waals surface area contributed by atoms with Crippen LogP contribution in [0.4, 0.5) is 0 Å². The van der Waals surface area contributed by atoms with Crippen LogP contribution in [0.2, 0.25) is 0 Å². The van der Waals surface area contributed by atoms with E-state index in [-0.39, 0.29) is 0 Å². The Bertz CT molecular complexity index is 248. The van der Waals surface area contributed by atoms with Gasteiger partial charge in [0.2, 0.25) is 0 Å². The topological polar surface area (TPSA) is 15.6 Å². The van der Waals surface area contributed by atoms with Crippen LogP contribution >= 0.6 is 0 Å². The van der Waals surface area contributed by atoms with E-state index in [1.165, 1.54) is 76.6 Å². The lowest BCUT2D eigenvalue weighted by atomic mass is 9.94. The molecular weight excluding hydrogens is 256 g/mol. The van der Waals surface area contributed by atoms with E-state index in [0.29, 0.717) is 0 Å². The fourth-order valence-electron chi connectivity index (χ4n) is 3.14. The van der Waals surface area contributed by atoms with E-state index in [2.05, 4.69) is 37.7 Å². The molecule has 0 fully saturated rings. The standard InChI is InChI=1S/C19H40N2/c1-6-9-11-12-14-16-18(15-13-10-7-2)17-21(5)19(8-3)20-4/h18H,6-17H2,1-5H3. The first-order chi connectivity index (χ1) is 10.2. The molecule has 126 valence electrons. The maximum Gasteiger partial charge on any atom is 0.0980 e. The minimum absolute atomic E-state index is 0.853. The van der Waals surface area contributed by atoms with Crippen molar-refractivity contribution in [2.45, 2.75) is 91.4 Å². The molecule has 0 aliphatic carbocycles. The van der Waals surface area contributed by atoms with Gasteiger partial charge in [0.25, 0.3) is 0 Å². The second kappa shape index (κ2) is 14.4. The third-order valence-electron chi connectivity index (χ3n) is 4.48. The number of amidine groups is 1. The summed E-state index contributed by atoms with van der Waals surface area (Å²) in [4.78, 5) is 6.81. The highest BCUT2D eigenvalue weighted by Gasteiger charge is 2.13. The summed E-state index contributed by atoms with van der Waals surface area (Å²) in [5, 5.41) is 0. The van der Waals surface area contributed by atoms with Gasteiger partial charge in [0, 0.05) is 27.1 Å². The van der Waals surface area contributed by atoms with E-state index < -0.39 is 0 Å². The van der Waals surface area contributed by atoms with Crippen molar-refractivity contribution in [2.75, 3.05) is 20.6 Å². The van der Waals surface area contributed by atoms with Crippen LogP contribution in [0, 0.1) is 5.92 Å². The highest BCUT2D eigenvalue weighted by atomic mass is 15.2. The van der Waals surface area contributed by atoms with Crippen molar-refractivity contribution in [3.05, 3.63) is 0 Å². The van der Waals surface area contributed by atoms with Crippen LogP contribution in [0.3, 0.4) is 0 Å². The Hall–Kier alpha value is -0.530. The van der Waals surface area contributed by atoms with Gasteiger partial charge in [-0.05, 0) is 18.8 Å². The monoisotopic (exact) mass is 296 g/mol. The molecule has 0 bridgehead atoms. The quantitative estimate of drug-likeness (QED) is 0.234. The first kappa shape index (κ1) is 20.5. The van der Waals surface area contributed by atoms with Gasteiger partial charge in [-0.3, -0.25) is 4.99 Å². The predicted molar refractivity (Wildman–Crippen MR) is 97.3 cm³/mol. The fourth-order valence-corrected chi connectivity index (χ4v) is 3.14. The van der Waals surface area contributed by atoms with E-state index in [4.69, 9.17) is 0 Å². The molecule has 1 atom stereocenters. The Morgan fingerprint density at radius 3 is 1.90 bits per heavy atom. The van der Waals surface area contributed by atoms with E-state index in [1.54, 1.807) is 0 Å². The molecule has 0 heterocycles. The lowest BCUT2D eigenvalue weighted by Gasteiger charge is -2.26. The van der Waals surface area contributed by atoms with Crippen molar-refractivity contribution in [2.24, 2.45) is 10.9 Å². The Morgan fingerprint density at radius 1 is 0.857 bits per heavy atom. The molecular formula is C19H40N2. The van der Waals surface area contributed by atoms with Crippen LogP contribution in [0.1, 0.15) is 91.4 Å². The number of nitrogens with zero attached hydrogens (tertiary/aromatic N) is 2. The molecule has 21 heavy (non-hydrogen) atoms. The van der Waals surface area contributed by atoms with Crippen molar-refractivity contribution in [3.63, 3.8) is 0 Å². The summed E-state index contributed by atoms with van der Waals surface area (Å²) in [6, 6.07) is 0. The predicted octanol–water partition coefficient (Wildman–Crippen LogP) is 5.91. The molecule has 1 unspecified atom stereocenters. The molecule has 0 radical (unpaired) electrons. The van der Waals surface area contributed by atoms with Crippen molar-refractivity contribution in [1.82, 2.24) is 4.90 Å². The maximum absolute atomic E-state index is 4.42. The average molecular weight is 297 g/mol. The summed E-state index contributed by atoms with van der Waals surface area (Å²) in [7, 11) is 4.14. The molecule has 0 aromatic carbocycles. The molecule has 0 rings (SSSR count). The van der Waals surface area contributed by atoms with Crippen LogP contribution in [-0.2, 0) is 0 Å². The van der Waals surface area contributed by atoms with Crippen LogP contribution in [-0.4, -0.2) is 31.4 Å². The molecule has 0 spiro atoms. The highest BCUT2D eigenvalue weighted by Crippen LogP contribution is 2.19. The van der Waals surface area contributed by atoms with E-state index in [0.717, 1.165) is 12.3 Å². The lowest BCUT2D eigenvalue weighted by molar-refractivity contribution is 0.324. The first-order valence-electron chi connectivity index (χ1n) is 9.36. The third kappa shape index (κ3) is 10.8. The van der Waals surface area contributed by atoms with E-state index >= 15 is 0 Å². The second-order valence-electron chi connectivity index (χ2n) is 6.44. The molecule has 2 nitrogen and oxygen atoms in total. The maximum atomic E-state index is 4.42. The number of unbranched alkanes of at least 4 members (excludes halogenated alkanes) is 6. The molecule has 0 aromatic heterocycles. The van der Waals surface area contributed by atoms with Gasteiger partial charge in [-0.15, -0.1) is 0 Å². The van der Waals surface area contributed by atoms with Crippen molar-refractivity contribution >= 4 is 5.84 Å². The third-order valence-corrected chi connectivity index (χ3v) is 4.48.